The number of hydrogen-bond acceptors (Lipinski definition) is 5. The second-order valence-corrected chi connectivity index (χ2v) is 8.75. The van der Waals surface area contributed by atoms with Crippen molar-refractivity contribution >= 4 is 10.0 Å². The summed E-state index contributed by atoms with van der Waals surface area (Å²) in [5, 5.41) is 0. The minimum absolute atomic E-state index is 0.0521. The average Bonchev–Trinajstić information content (AvgIpc) is 2.66. The lowest BCUT2D eigenvalue weighted by atomic mass is 10.0. The summed E-state index contributed by atoms with van der Waals surface area (Å²) in [5.41, 5.74) is 2.03. The number of likely N-dealkylation sites (tertiary alicyclic amines) is 1. The molecule has 0 aliphatic carbocycles. The minimum atomic E-state index is -3.26. The number of sulfonamides is 1. The first-order valence-corrected chi connectivity index (χ1v) is 10.9. The molecule has 0 atom stereocenters. The van der Waals surface area contributed by atoms with Gasteiger partial charge in [0, 0.05) is 49.8 Å². The Morgan fingerprint density at radius 1 is 1.15 bits per heavy atom. The van der Waals surface area contributed by atoms with Crippen LogP contribution in [0.5, 0.6) is 0 Å². The van der Waals surface area contributed by atoms with Crippen LogP contribution in [0.15, 0.2) is 48.9 Å². The predicted octanol–water partition coefficient (Wildman–Crippen LogP) is 1.95. The van der Waals surface area contributed by atoms with Gasteiger partial charge in [0.2, 0.25) is 10.0 Å². The van der Waals surface area contributed by atoms with Crippen molar-refractivity contribution in [1.29, 1.82) is 0 Å². The molecule has 3 rings (SSSR count). The van der Waals surface area contributed by atoms with E-state index in [1.54, 1.807) is 16.7 Å². The highest BCUT2D eigenvalue weighted by molar-refractivity contribution is 7.88. The van der Waals surface area contributed by atoms with Crippen LogP contribution in [0, 0.1) is 0 Å². The normalized spacial score (nSPS) is 16.8. The molecule has 0 amide bonds. The first-order chi connectivity index (χ1) is 12.5. The molecule has 0 aromatic carbocycles. The molecule has 0 radical (unpaired) electrons. The Bertz CT molecular complexity index is 776. The Hall–Kier alpha value is -1.83. The Balaban J connectivity index is 1.56. The van der Waals surface area contributed by atoms with Gasteiger partial charge in [-0.1, -0.05) is 12.1 Å². The van der Waals surface area contributed by atoms with Crippen LogP contribution in [0.25, 0.3) is 0 Å². The van der Waals surface area contributed by atoms with E-state index in [0.29, 0.717) is 6.54 Å². The Kier molecular flexibility index (Phi) is 6.34. The molecule has 0 saturated carbocycles. The number of rotatable bonds is 7. The topological polar surface area (TPSA) is 66.4 Å². The molecular formula is C19H26N4O2S. The van der Waals surface area contributed by atoms with E-state index in [4.69, 9.17) is 0 Å². The third-order valence-electron chi connectivity index (χ3n) is 4.86. The van der Waals surface area contributed by atoms with E-state index < -0.39 is 10.0 Å². The summed E-state index contributed by atoms with van der Waals surface area (Å²) in [6.07, 6.45) is 9.21. The number of pyridine rings is 2. The zero-order valence-corrected chi connectivity index (χ0v) is 16.0. The van der Waals surface area contributed by atoms with E-state index >= 15 is 0 Å². The quantitative estimate of drug-likeness (QED) is 0.741. The lowest BCUT2D eigenvalue weighted by Gasteiger charge is -2.37. The summed E-state index contributed by atoms with van der Waals surface area (Å²) in [7, 11) is -3.26. The van der Waals surface area contributed by atoms with Crippen LogP contribution in [0.1, 0.15) is 24.1 Å². The molecule has 0 N–H and O–H groups in total. The van der Waals surface area contributed by atoms with Gasteiger partial charge >= 0.3 is 0 Å². The van der Waals surface area contributed by atoms with E-state index in [1.807, 2.05) is 36.5 Å². The monoisotopic (exact) mass is 374 g/mol. The summed E-state index contributed by atoms with van der Waals surface area (Å²) < 4.78 is 26.3. The summed E-state index contributed by atoms with van der Waals surface area (Å²) in [5.74, 6) is 0. The van der Waals surface area contributed by atoms with Crippen LogP contribution in [0.4, 0.5) is 0 Å². The van der Waals surface area contributed by atoms with Crippen LogP contribution in [-0.4, -0.2) is 59.5 Å². The minimum Gasteiger partial charge on any atom is -0.303 e. The molecule has 0 spiro atoms. The second-order valence-electron chi connectivity index (χ2n) is 6.81. The number of piperidine rings is 1. The number of nitrogens with zero attached hydrogens (tertiary/aromatic N) is 4. The molecule has 6 nitrogen and oxygen atoms in total. The third kappa shape index (κ3) is 5.33. The van der Waals surface area contributed by atoms with E-state index in [-0.39, 0.29) is 6.04 Å². The van der Waals surface area contributed by atoms with Crippen LogP contribution >= 0.6 is 0 Å². The van der Waals surface area contributed by atoms with Crippen LogP contribution in [0.3, 0.4) is 0 Å². The fourth-order valence-electron chi connectivity index (χ4n) is 3.44. The average molecular weight is 375 g/mol. The van der Waals surface area contributed by atoms with E-state index in [2.05, 4.69) is 14.9 Å². The molecule has 2 aromatic heterocycles. The maximum atomic E-state index is 12.3. The summed E-state index contributed by atoms with van der Waals surface area (Å²) in [4.78, 5) is 10.9. The lowest BCUT2D eigenvalue weighted by Crippen LogP contribution is -2.47. The van der Waals surface area contributed by atoms with Crippen molar-refractivity contribution in [2.75, 3.05) is 25.9 Å². The van der Waals surface area contributed by atoms with Gasteiger partial charge in [-0.05, 0) is 49.7 Å². The number of aromatic nitrogens is 2. The SMILES string of the molecule is CS(=O)(=O)N(Cc1cccnc1)C1CCN(CCc2ccccn2)CC1. The second kappa shape index (κ2) is 8.70. The molecule has 1 fully saturated rings. The standard InChI is InChI=1S/C19H26N4O2S/c1-26(24,25)23(16-17-5-4-10-20-15-17)19-8-13-22(14-9-19)12-7-18-6-2-3-11-21-18/h2-6,10-11,15,19H,7-9,12-14,16H2,1H3. The first kappa shape index (κ1) is 18.9. The van der Waals surface area contributed by atoms with E-state index in [1.165, 1.54) is 6.26 Å². The Morgan fingerprint density at radius 3 is 2.58 bits per heavy atom. The largest absolute Gasteiger partial charge is 0.303 e. The molecule has 0 bridgehead atoms. The van der Waals surface area contributed by atoms with Crippen LogP contribution < -0.4 is 0 Å². The molecule has 140 valence electrons. The van der Waals surface area contributed by atoms with Gasteiger partial charge in [-0.2, -0.15) is 4.31 Å². The van der Waals surface area contributed by atoms with Gasteiger partial charge in [0.1, 0.15) is 0 Å². The lowest BCUT2D eigenvalue weighted by molar-refractivity contribution is 0.157. The smallest absolute Gasteiger partial charge is 0.211 e. The van der Waals surface area contributed by atoms with Crippen LogP contribution in [0.2, 0.25) is 0 Å². The van der Waals surface area contributed by atoms with Gasteiger partial charge in [-0.15, -0.1) is 0 Å². The fraction of sp³-hybridized carbons (Fsp3) is 0.474. The van der Waals surface area contributed by atoms with Gasteiger partial charge in [0.05, 0.1) is 6.26 Å². The van der Waals surface area contributed by atoms with Gasteiger partial charge < -0.3 is 4.90 Å². The zero-order valence-electron chi connectivity index (χ0n) is 15.2. The third-order valence-corrected chi connectivity index (χ3v) is 6.14. The van der Waals surface area contributed by atoms with Crippen molar-refractivity contribution in [3.63, 3.8) is 0 Å². The van der Waals surface area contributed by atoms with E-state index in [0.717, 1.165) is 50.2 Å². The van der Waals surface area contributed by atoms with Crippen molar-refractivity contribution in [2.45, 2.75) is 31.8 Å². The van der Waals surface area contributed by atoms with Crippen LogP contribution in [-0.2, 0) is 23.0 Å². The van der Waals surface area contributed by atoms with Gasteiger partial charge in [-0.25, -0.2) is 8.42 Å². The van der Waals surface area contributed by atoms with Crippen molar-refractivity contribution in [1.82, 2.24) is 19.2 Å². The molecule has 26 heavy (non-hydrogen) atoms. The highest BCUT2D eigenvalue weighted by atomic mass is 32.2. The first-order valence-electron chi connectivity index (χ1n) is 9.00. The fourth-order valence-corrected chi connectivity index (χ4v) is 4.57. The molecule has 1 aliphatic rings. The maximum Gasteiger partial charge on any atom is 0.211 e. The Labute approximate surface area is 155 Å². The highest BCUT2D eigenvalue weighted by Gasteiger charge is 2.30. The molecular weight excluding hydrogens is 348 g/mol. The van der Waals surface area contributed by atoms with Gasteiger partial charge in [-0.3, -0.25) is 9.97 Å². The maximum absolute atomic E-state index is 12.3. The predicted molar refractivity (Wildman–Crippen MR) is 102 cm³/mol. The summed E-state index contributed by atoms with van der Waals surface area (Å²) in [6.45, 7) is 3.18. The van der Waals surface area contributed by atoms with Crippen molar-refractivity contribution in [2.24, 2.45) is 0 Å². The molecule has 2 aromatic rings. The van der Waals surface area contributed by atoms with Gasteiger partial charge in [0.15, 0.2) is 0 Å². The summed E-state index contributed by atoms with van der Waals surface area (Å²) in [6, 6.07) is 9.81. The van der Waals surface area contributed by atoms with Gasteiger partial charge in [0.25, 0.3) is 0 Å². The highest BCUT2D eigenvalue weighted by Crippen LogP contribution is 2.21. The van der Waals surface area contributed by atoms with Crippen molar-refractivity contribution in [3.8, 4) is 0 Å². The van der Waals surface area contributed by atoms with Crippen molar-refractivity contribution in [3.05, 3.63) is 60.2 Å². The molecule has 1 saturated heterocycles. The zero-order chi connectivity index (χ0) is 18.4. The van der Waals surface area contributed by atoms with Crippen molar-refractivity contribution < 1.29 is 8.42 Å². The van der Waals surface area contributed by atoms with E-state index in [9.17, 15) is 8.42 Å². The summed E-state index contributed by atoms with van der Waals surface area (Å²) >= 11 is 0. The Morgan fingerprint density at radius 2 is 1.96 bits per heavy atom. The number of hydrogen-bond donors (Lipinski definition) is 0. The molecule has 1 aliphatic heterocycles. The molecule has 3 heterocycles. The molecule has 0 unspecified atom stereocenters. The molecule has 7 heteroatoms.